The zero-order valence-electron chi connectivity index (χ0n) is 12.1. The molecule has 0 saturated heterocycles. The van der Waals surface area contributed by atoms with Gasteiger partial charge in [-0.15, -0.1) is 0 Å². The highest BCUT2D eigenvalue weighted by Crippen LogP contribution is 2.06. The van der Waals surface area contributed by atoms with E-state index in [4.69, 9.17) is 0 Å². The maximum Gasteiger partial charge on any atom is 0.0219 e. The molecule has 0 heterocycles. The van der Waals surface area contributed by atoms with Gasteiger partial charge in [0, 0.05) is 6.54 Å². The molecule has 0 aromatic carbocycles. The second-order valence-electron chi connectivity index (χ2n) is 4.59. The first kappa shape index (κ1) is 16.3. The van der Waals surface area contributed by atoms with E-state index in [2.05, 4.69) is 50.2 Å². The monoisotopic (exact) mass is 237 g/mol. The fraction of sp³-hybridized carbons (Fsp3) is 0.750. The predicted molar refractivity (Wildman–Crippen MR) is 78.9 cm³/mol. The van der Waals surface area contributed by atoms with Gasteiger partial charge in [0.2, 0.25) is 0 Å². The van der Waals surface area contributed by atoms with E-state index >= 15 is 0 Å². The SMILES string of the molecule is CCC=CN(C=CCC)CCCCCCCC. The molecule has 0 aliphatic rings. The lowest BCUT2D eigenvalue weighted by Crippen LogP contribution is -2.11. The molecule has 0 rings (SSSR count). The highest BCUT2D eigenvalue weighted by molar-refractivity contribution is 4.91. The highest BCUT2D eigenvalue weighted by Gasteiger charge is 1.94. The summed E-state index contributed by atoms with van der Waals surface area (Å²) in [5.41, 5.74) is 0. The average molecular weight is 237 g/mol. The Kier molecular flexibility index (Phi) is 12.8. The van der Waals surface area contributed by atoms with Crippen molar-refractivity contribution in [2.45, 2.75) is 72.1 Å². The van der Waals surface area contributed by atoms with Crippen molar-refractivity contribution in [2.24, 2.45) is 0 Å². The van der Waals surface area contributed by atoms with Crippen molar-refractivity contribution < 1.29 is 0 Å². The second kappa shape index (κ2) is 13.3. The molecule has 17 heavy (non-hydrogen) atoms. The number of rotatable bonds is 11. The van der Waals surface area contributed by atoms with E-state index in [1.54, 1.807) is 0 Å². The molecule has 0 radical (unpaired) electrons. The first-order valence-corrected chi connectivity index (χ1v) is 7.44. The molecule has 0 unspecified atom stereocenters. The Morgan fingerprint density at radius 3 is 1.76 bits per heavy atom. The number of hydrogen-bond acceptors (Lipinski definition) is 1. The lowest BCUT2D eigenvalue weighted by molar-refractivity contribution is 0.464. The number of allylic oxidation sites excluding steroid dienone is 2. The van der Waals surface area contributed by atoms with Crippen LogP contribution >= 0.6 is 0 Å². The minimum Gasteiger partial charge on any atom is -0.355 e. The van der Waals surface area contributed by atoms with E-state index in [-0.39, 0.29) is 0 Å². The summed E-state index contributed by atoms with van der Waals surface area (Å²) < 4.78 is 0. The van der Waals surface area contributed by atoms with E-state index in [0.29, 0.717) is 0 Å². The van der Waals surface area contributed by atoms with Crippen LogP contribution in [-0.2, 0) is 0 Å². The van der Waals surface area contributed by atoms with Gasteiger partial charge < -0.3 is 4.90 Å². The Hall–Kier alpha value is -0.720. The first-order chi connectivity index (χ1) is 8.35. The van der Waals surface area contributed by atoms with E-state index in [0.717, 1.165) is 12.8 Å². The summed E-state index contributed by atoms with van der Waals surface area (Å²) in [6.45, 7) is 7.80. The fourth-order valence-electron chi connectivity index (χ4n) is 1.76. The Balaban J connectivity index is 3.68. The average Bonchev–Trinajstić information content (AvgIpc) is 2.35. The molecule has 0 aliphatic carbocycles. The van der Waals surface area contributed by atoms with Crippen LogP contribution in [0.2, 0.25) is 0 Å². The van der Waals surface area contributed by atoms with Crippen LogP contribution in [0.25, 0.3) is 0 Å². The number of unbranched alkanes of at least 4 members (excludes halogenated alkanes) is 5. The van der Waals surface area contributed by atoms with Crippen LogP contribution in [-0.4, -0.2) is 11.4 Å². The predicted octanol–water partition coefficient (Wildman–Crippen LogP) is 5.50. The maximum atomic E-state index is 2.33. The molecular weight excluding hydrogens is 206 g/mol. The Labute approximate surface area is 109 Å². The standard InChI is InChI=1S/C16H31N/c1-4-7-10-11-12-13-16-17(14-8-5-2)15-9-6-3/h8-9,14-15H,4-7,10-13,16H2,1-3H3. The fourth-order valence-corrected chi connectivity index (χ4v) is 1.76. The molecule has 0 amide bonds. The quantitative estimate of drug-likeness (QED) is 0.429. The van der Waals surface area contributed by atoms with E-state index in [9.17, 15) is 0 Å². The van der Waals surface area contributed by atoms with Gasteiger partial charge in [-0.25, -0.2) is 0 Å². The summed E-state index contributed by atoms with van der Waals surface area (Å²) in [6, 6.07) is 0. The van der Waals surface area contributed by atoms with Crippen molar-refractivity contribution in [3.8, 4) is 0 Å². The molecule has 0 saturated carbocycles. The summed E-state index contributed by atoms with van der Waals surface area (Å²) in [6.07, 6.45) is 19.4. The Morgan fingerprint density at radius 2 is 1.24 bits per heavy atom. The third kappa shape index (κ3) is 11.5. The molecule has 0 fully saturated rings. The van der Waals surface area contributed by atoms with Crippen LogP contribution in [0.3, 0.4) is 0 Å². The molecule has 0 bridgehead atoms. The van der Waals surface area contributed by atoms with Crippen LogP contribution < -0.4 is 0 Å². The minimum atomic E-state index is 1.12. The molecule has 1 heteroatoms. The van der Waals surface area contributed by atoms with Crippen LogP contribution in [0.4, 0.5) is 0 Å². The van der Waals surface area contributed by atoms with Crippen molar-refractivity contribution >= 4 is 0 Å². The van der Waals surface area contributed by atoms with Gasteiger partial charge in [-0.05, 0) is 31.7 Å². The van der Waals surface area contributed by atoms with Crippen LogP contribution in [0.5, 0.6) is 0 Å². The second-order valence-corrected chi connectivity index (χ2v) is 4.59. The third-order valence-corrected chi connectivity index (χ3v) is 2.84. The van der Waals surface area contributed by atoms with E-state index in [1.165, 1.54) is 45.1 Å². The molecule has 0 aromatic rings. The summed E-state index contributed by atoms with van der Waals surface area (Å²) in [5, 5.41) is 0. The van der Waals surface area contributed by atoms with Crippen molar-refractivity contribution in [1.29, 1.82) is 0 Å². The van der Waals surface area contributed by atoms with Gasteiger partial charge in [0.05, 0.1) is 0 Å². The van der Waals surface area contributed by atoms with Crippen LogP contribution in [0.15, 0.2) is 24.6 Å². The lowest BCUT2D eigenvalue weighted by atomic mass is 10.1. The number of nitrogens with zero attached hydrogens (tertiary/aromatic N) is 1. The highest BCUT2D eigenvalue weighted by atomic mass is 15.1. The van der Waals surface area contributed by atoms with Crippen molar-refractivity contribution in [3.05, 3.63) is 24.6 Å². The zero-order chi connectivity index (χ0) is 12.8. The van der Waals surface area contributed by atoms with Gasteiger partial charge >= 0.3 is 0 Å². The third-order valence-electron chi connectivity index (χ3n) is 2.84. The molecule has 0 aromatic heterocycles. The van der Waals surface area contributed by atoms with Gasteiger partial charge in [-0.1, -0.05) is 65.0 Å². The first-order valence-electron chi connectivity index (χ1n) is 7.44. The smallest absolute Gasteiger partial charge is 0.0219 e. The molecule has 0 N–H and O–H groups in total. The minimum absolute atomic E-state index is 1.12. The molecule has 0 atom stereocenters. The van der Waals surface area contributed by atoms with Gasteiger partial charge in [-0.2, -0.15) is 0 Å². The molecule has 0 aliphatic heterocycles. The van der Waals surface area contributed by atoms with Gasteiger partial charge in [-0.3, -0.25) is 0 Å². The van der Waals surface area contributed by atoms with Crippen molar-refractivity contribution in [3.63, 3.8) is 0 Å². The topological polar surface area (TPSA) is 3.24 Å². The summed E-state index contributed by atoms with van der Waals surface area (Å²) in [5.74, 6) is 0. The summed E-state index contributed by atoms with van der Waals surface area (Å²) >= 11 is 0. The van der Waals surface area contributed by atoms with Gasteiger partial charge in [0.1, 0.15) is 0 Å². The van der Waals surface area contributed by atoms with E-state index in [1.807, 2.05) is 0 Å². The van der Waals surface area contributed by atoms with Crippen molar-refractivity contribution in [1.82, 2.24) is 4.90 Å². The maximum absolute atomic E-state index is 2.33. The summed E-state index contributed by atoms with van der Waals surface area (Å²) in [4.78, 5) is 2.33. The largest absolute Gasteiger partial charge is 0.355 e. The van der Waals surface area contributed by atoms with Crippen LogP contribution in [0, 0.1) is 0 Å². The van der Waals surface area contributed by atoms with Crippen LogP contribution in [0.1, 0.15) is 72.1 Å². The summed E-state index contributed by atoms with van der Waals surface area (Å²) in [7, 11) is 0. The van der Waals surface area contributed by atoms with Gasteiger partial charge in [0.15, 0.2) is 0 Å². The lowest BCUT2D eigenvalue weighted by Gasteiger charge is -2.15. The van der Waals surface area contributed by atoms with Crippen molar-refractivity contribution in [2.75, 3.05) is 6.54 Å². The Morgan fingerprint density at radius 1 is 0.706 bits per heavy atom. The normalized spacial score (nSPS) is 11.7. The molecule has 100 valence electrons. The Bertz CT molecular complexity index is 180. The molecule has 1 nitrogen and oxygen atoms in total. The molecular formula is C16H31N. The zero-order valence-corrected chi connectivity index (χ0v) is 12.1. The van der Waals surface area contributed by atoms with E-state index < -0.39 is 0 Å². The van der Waals surface area contributed by atoms with Gasteiger partial charge in [0.25, 0.3) is 0 Å². The number of hydrogen-bond donors (Lipinski definition) is 0. The molecule has 0 spiro atoms.